The van der Waals surface area contributed by atoms with Gasteiger partial charge in [-0.05, 0) is 26.7 Å². The molecule has 2 aromatic rings. The Hall–Kier alpha value is -1.18. The lowest BCUT2D eigenvalue weighted by atomic mass is 9.97. The van der Waals surface area contributed by atoms with Crippen LogP contribution in [0.25, 0.3) is 10.4 Å². The lowest BCUT2D eigenvalue weighted by molar-refractivity contribution is -0.137. The van der Waals surface area contributed by atoms with Crippen LogP contribution in [0.3, 0.4) is 0 Å². The third-order valence-electron chi connectivity index (χ3n) is 2.88. The number of halogens is 1. The van der Waals surface area contributed by atoms with Crippen molar-refractivity contribution in [2.45, 2.75) is 6.10 Å². The summed E-state index contributed by atoms with van der Waals surface area (Å²) in [6.45, 7) is 0. The van der Waals surface area contributed by atoms with E-state index in [9.17, 15) is 9.90 Å². The first-order valence-corrected chi connectivity index (χ1v) is 8.01. The Kier molecular flexibility index (Phi) is 5.33. The molecule has 20 heavy (non-hydrogen) atoms. The molecule has 1 aromatic heterocycles. The van der Waals surface area contributed by atoms with Crippen LogP contribution in [0.2, 0.25) is 0 Å². The molecule has 0 bridgehead atoms. The molecule has 0 aliphatic carbocycles. The maximum absolute atomic E-state index is 11.7. The zero-order chi connectivity index (χ0) is 14.5. The molecule has 0 aliphatic heterocycles. The van der Waals surface area contributed by atoms with E-state index in [2.05, 4.69) is 0 Å². The Morgan fingerprint density at radius 2 is 2.10 bits per heavy atom. The van der Waals surface area contributed by atoms with Crippen LogP contribution in [-0.4, -0.2) is 18.2 Å². The number of hydrogen-bond acceptors (Lipinski definition) is 4. The Bertz CT molecular complexity index is 620. The van der Waals surface area contributed by atoms with Crippen LogP contribution in [0.15, 0.2) is 51.4 Å². The average molecular weight is 400 g/mol. The second-order valence-corrected chi connectivity index (χ2v) is 5.59. The summed E-state index contributed by atoms with van der Waals surface area (Å²) in [5.41, 5.74) is 1.86. The highest BCUT2D eigenvalue weighted by atomic mass is 127. The van der Waals surface area contributed by atoms with Gasteiger partial charge in [-0.2, -0.15) is 0 Å². The standard InChI is InChI=1S/C15H13IO3S/c1-19-15(18)12(9-16)14(17)11-6-3-2-5-10(11)13-7-4-8-20-13/h2-9,14,17H,1H3/b12-9-. The summed E-state index contributed by atoms with van der Waals surface area (Å²) >= 11 is 3.53. The summed E-state index contributed by atoms with van der Waals surface area (Å²) in [6, 6.07) is 11.5. The van der Waals surface area contributed by atoms with Gasteiger partial charge in [-0.1, -0.05) is 52.9 Å². The fraction of sp³-hybridized carbons (Fsp3) is 0.133. The van der Waals surface area contributed by atoms with Gasteiger partial charge in [-0.15, -0.1) is 11.3 Å². The van der Waals surface area contributed by atoms with Gasteiger partial charge in [0.05, 0.1) is 12.7 Å². The second-order valence-electron chi connectivity index (χ2n) is 4.02. The minimum absolute atomic E-state index is 0.233. The zero-order valence-corrected chi connectivity index (χ0v) is 13.7. The lowest BCUT2D eigenvalue weighted by Gasteiger charge is -2.16. The number of benzene rings is 1. The first-order chi connectivity index (χ1) is 9.69. The number of ether oxygens (including phenoxy) is 1. The van der Waals surface area contributed by atoms with Gasteiger partial charge in [0.1, 0.15) is 6.10 Å². The van der Waals surface area contributed by atoms with E-state index in [1.54, 1.807) is 15.4 Å². The second kappa shape index (κ2) is 7.01. The summed E-state index contributed by atoms with van der Waals surface area (Å²) < 4.78 is 6.26. The van der Waals surface area contributed by atoms with Gasteiger partial charge in [0, 0.05) is 4.88 Å². The molecule has 1 aromatic carbocycles. The number of rotatable bonds is 4. The van der Waals surface area contributed by atoms with Crippen LogP contribution in [0, 0.1) is 0 Å². The summed E-state index contributed by atoms with van der Waals surface area (Å²) in [5, 5.41) is 12.5. The third kappa shape index (κ3) is 3.11. The maximum Gasteiger partial charge on any atom is 0.337 e. The molecule has 104 valence electrons. The molecule has 3 nitrogen and oxygen atoms in total. The summed E-state index contributed by atoms with van der Waals surface area (Å²) in [5.74, 6) is -0.520. The molecule has 0 spiro atoms. The number of carbonyl (C=O) groups is 1. The van der Waals surface area contributed by atoms with E-state index < -0.39 is 12.1 Å². The molecular formula is C15H13IO3S. The van der Waals surface area contributed by atoms with Crippen LogP contribution in [0.5, 0.6) is 0 Å². The molecule has 1 heterocycles. The monoisotopic (exact) mass is 400 g/mol. The molecule has 0 radical (unpaired) electrons. The molecule has 0 amide bonds. The van der Waals surface area contributed by atoms with Gasteiger partial charge >= 0.3 is 5.97 Å². The number of carbonyl (C=O) groups excluding carboxylic acids is 1. The molecule has 0 saturated heterocycles. The molecule has 0 saturated carbocycles. The minimum atomic E-state index is -1.00. The van der Waals surface area contributed by atoms with Crippen molar-refractivity contribution in [3.8, 4) is 10.4 Å². The van der Waals surface area contributed by atoms with Gasteiger partial charge in [0.25, 0.3) is 0 Å². The largest absolute Gasteiger partial charge is 0.466 e. The molecule has 0 aliphatic rings. The minimum Gasteiger partial charge on any atom is -0.466 e. The van der Waals surface area contributed by atoms with E-state index in [1.165, 1.54) is 7.11 Å². The van der Waals surface area contributed by atoms with Crippen LogP contribution < -0.4 is 0 Å². The van der Waals surface area contributed by atoms with Crippen LogP contribution in [0.1, 0.15) is 11.7 Å². The van der Waals surface area contributed by atoms with Gasteiger partial charge in [-0.25, -0.2) is 4.79 Å². The Morgan fingerprint density at radius 3 is 2.70 bits per heavy atom. The van der Waals surface area contributed by atoms with Gasteiger partial charge in [0.15, 0.2) is 0 Å². The van der Waals surface area contributed by atoms with E-state index in [1.807, 2.05) is 64.4 Å². The van der Waals surface area contributed by atoms with E-state index in [0.717, 1.165) is 10.4 Å². The van der Waals surface area contributed by atoms with Crippen molar-refractivity contribution >= 4 is 39.9 Å². The molecule has 5 heteroatoms. The van der Waals surface area contributed by atoms with Crippen molar-refractivity contribution in [2.24, 2.45) is 0 Å². The first-order valence-electron chi connectivity index (χ1n) is 5.88. The van der Waals surface area contributed by atoms with Gasteiger partial charge in [0.2, 0.25) is 0 Å². The van der Waals surface area contributed by atoms with Crippen molar-refractivity contribution in [1.82, 2.24) is 0 Å². The normalized spacial score (nSPS) is 13.1. The smallest absolute Gasteiger partial charge is 0.337 e. The molecular weight excluding hydrogens is 387 g/mol. The van der Waals surface area contributed by atoms with E-state index in [4.69, 9.17) is 4.74 Å². The zero-order valence-electron chi connectivity index (χ0n) is 10.7. The fourth-order valence-electron chi connectivity index (χ4n) is 1.89. The van der Waals surface area contributed by atoms with Crippen LogP contribution in [0.4, 0.5) is 0 Å². The van der Waals surface area contributed by atoms with E-state index in [0.29, 0.717) is 5.56 Å². The van der Waals surface area contributed by atoms with Crippen molar-refractivity contribution in [3.63, 3.8) is 0 Å². The van der Waals surface area contributed by atoms with E-state index >= 15 is 0 Å². The highest BCUT2D eigenvalue weighted by Gasteiger charge is 2.23. The lowest BCUT2D eigenvalue weighted by Crippen LogP contribution is -2.13. The van der Waals surface area contributed by atoms with Crippen molar-refractivity contribution in [3.05, 3.63) is 57.0 Å². The first kappa shape index (κ1) is 15.2. The number of aliphatic hydroxyl groups excluding tert-OH is 1. The predicted octanol–water partition coefficient (Wildman–Crippen LogP) is 3.94. The average Bonchev–Trinajstić information content (AvgIpc) is 3.01. The fourth-order valence-corrected chi connectivity index (χ4v) is 3.26. The SMILES string of the molecule is COC(=O)/C(=C\I)C(O)c1ccccc1-c1cccs1. The third-order valence-corrected chi connectivity index (χ3v) is 4.45. The Balaban J connectivity index is 2.45. The van der Waals surface area contributed by atoms with Crippen molar-refractivity contribution in [2.75, 3.05) is 7.11 Å². The van der Waals surface area contributed by atoms with Crippen molar-refractivity contribution in [1.29, 1.82) is 0 Å². The molecule has 0 fully saturated rings. The Labute approximate surface area is 135 Å². The topological polar surface area (TPSA) is 46.5 Å². The number of esters is 1. The maximum atomic E-state index is 11.7. The molecule has 1 unspecified atom stereocenters. The van der Waals surface area contributed by atoms with Gasteiger partial charge in [-0.3, -0.25) is 0 Å². The molecule has 1 atom stereocenters. The summed E-state index contributed by atoms with van der Waals surface area (Å²) in [7, 11) is 1.31. The highest BCUT2D eigenvalue weighted by molar-refractivity contribution is 14.1. The summed E-state index contributed by atoms with van der Waals surface area (Å²) in [4.78, 5) is 12.8. The molecule has 2 rings (SSSR count). The van der Waals surface area contributed by atoms with E-state index in [-0.39, 0.29) is 5.57 Å². The number of hydrogen-bond donors (Lipinski definition) is 1. The predicted molar refractivity (Wildman–Crippen MR) is 88.8 cm³/mol. The van der Waals surface area contributed by atoms with Crippen LogP contribution >= 0.6 is 33.9 Å². The molecule has 1 N–H and O–H groups in total. The summed E-state index contributed by atoms with van der Waals surface area (Å²) in [6.07, 6.45) is -1.00. The number of thiophene rings is 1. The number of aliphatic hydroxyl groups is 1. The Morgan fingerprint density at radius 1 is 1.35 bits per heavy atom. The quantitative estimate of drug-likeness (QED) is 0.481. The van der Waals surface area contributed by atoms with Gasteiger partial charge < -0.3 is 9.84 Å². The highest BCUT2D eigenvalue weighted by Crippen LogP contribution is 2.34. The van der Waals surface area contributed by atoms with Crippen molar-refractivity contribution < 1.29 is 14.6 Å². The van der Waals surface area contributed by atoms with Crippen LogP contribution in [-0.2, 0) is 9.53 Å². The number of methoxy groups -OCH3 is 1.